The fourth-order valence-electron chi connectivity index (χ4n) is 4.60. The van der Waals surface area contributed by atoms with Crippen molar-refractivity contribution < 1.29 is 34.4 Å². The third kappa shape index (κ3) is 6.08. The Balaban J connectivity index is 0.000000433. The highest BCUT2D eigenvalue weighted by atomic mass is 16.5. The molecule has 0 unspecified atom stereocenters. The molecule has 4 N–H and O–H groups in total. The Hall–Kier alpha value is -2.84. The molecular weight excluding hydrogens is 402 g/mol. The lowest BCUT2D eigenvalue weighted by Gasteiger charge is -2.39. The summed E-state index contributed by atoms with van der Waals surface area (Å²) < 4.78 is 12.0. The standard InChI is InChI=1S/C21H27NO2.C2H2O4.H2O/c1-22(16-17-8-6-15-23-17)14-7-13-21-12-5-4-10-19(21)18-9-2-3-11-20(18)24-21;3-1(4)2(5)6;/h2-3,6,8-9,11,15,19H,4-5,7,10,12-14,16H2,1H3;(H,3,4)(H,5,6);1H2/t19-,21+;;/m1../s1. The smallest absolute Gasteiger partial charge is 0.414 e. The van der Waals surface area contributed by atoms with Crippen molar-refractivity contribution in [2.24, 2.45) is 0 Å². The molecule has 31 heavy (non-hydrogen) atoms. The summed E-state index contributed by atoms with van der Waals surface area (Å²) >= 11 is 0. The summed E-state index contributed by atoms with van der Waals surface area (Å²) in [5.41, 5.74) is 1.49. The van der Waals surface area contributed by atoms with Crippen molar-refractivity contribution in [2.75, 3.05) is 13.6 Å². The van der Waals surface area contributed by atoms with Gasteiger partial charge in [0.25, 0.3) is 0 Å². The Morgan fingerprint density at radius 2 is 1.87 bits per heavy atom. The lowest BCUT2D eigenvalue weighted by molar-refractivity contribution is -0.159. The second-order valence-corrected chi connectivity index (χ2v) is 8.03. The van der Waals surface area contributed by atoms with E-state index >= 15 is 0 Å². The van der Waals surface area contributed by atoms with Crippen LogP contribution in [0.3, 0.4) is 0 Å². The van der Waals surface area contributed by atoms with Crippen molar-refractivity contribution in [3.63, 3.8) is 0 Å². The van der Waals surface area contributed by atoms with Crippen molar-refractivity contribution in [1.29, 1.82) is 0 Å². The number of benzene rings is 1. The van der Waals surface area contributed by atoms with Crippen molar-refractivity contribution in [1.82, 2.24) is 4.90 Å². The third-order valence-electron chi connectivity index (χ3n) is 5.91. The number of hydrogen-bond acceptors (Lipinski definition) is 5. The quantitative estimate of drug-likeness (QED) is 0.668. The fraction of sp³-hybridized carbons (Fsp3) is 0.478. The van der Waals surface area contributed by atoms with E-state index < -0.39 is 11.9 Å². The summed E-state index contributed by atoms with van der Waals surface area (Å²) in [5, 5.41) is 14.8. The Morgan fingerprint density at radius 1 is 1.13 bits per heavy atom. The molecule has 0 radical (unpaired) electrons. The molecule has 1 saturated carbocycles. The third-order valence-corrected chi connectivity index (χ3v) is 5.91. The Morgan fingerprint density at radius 3 is 2.55 bits per heavy atom. The van der Waals surface area contributed by atoms with Crippen molar-refractivity contribution >= 4 is 11.9 Å². The second kappa shape index (κ2) is 11.0. The molecule has 2 aliphatic rings. The second-order valence-electron chi connectivity index (χ2n) is 8.03. The van der Waals surface area contributed by atoms with Crippen molar-refractivity contribution in [3.05, 3.63) is 54.0 Å². The Labute approximate surface area is 181 Å². The normalized spacial score (nSPS) is 21.0. The van der Waals surface area contributed by atoms with E-state index in [1.54, 1.807) is 6.26 Å². The summed E-state index contributed by atoms with van der Waals surface area (Å²) in [6.07, 6.45) is 9.18. The molecule has 0 spiro atoms. The number of para-hydroxylation sites is 1. The van der Waals surface area contributed by atoms with E-state index in [4.69, 9.17) is 29.0 Å². The molecule has 8 heteroatoms. The first-order chi connectivity index (χ1) is 14.4. The van der Waals surface area contributed by atoms with Crippen molar-refractivity contribution in [2.45, 2.75) is 56.6 Å². The van der Waals surface area contributed by atoms with Gasteiger partial charge in [-0.1, -0.05) is 24.6 Å². The van der Waals surface area contributed by atoms with E-state index in [1.165, 1.54) is 37.7 Å². The predicted molar refractivity (Wildman–Crippen MR) is 114 cm³/mol. The SMILES string of the molecule is CN(CCC[C@@]12CCCC[C@@H]1c1ccccc1O2)Cc1ccco1.O.O=C(O)C(=O)O. The van der Waals surface area contributed by atoms with E-state index in [2.05, 4.69) is 36.2 Å². The Bertz CT molecular complexity index is 839. The van der Waals surface area contributed by atoms with E-state index in [0.29, 0.717) is 5.92 Å². The van der Waals surface area contributed by atoms with E-state index in [9.17, 15) is 0 Å². The highest BCUT2D eigenvalue weighted by molar-refractivity contribution is 6.27. The maximum Gasteiger partial charge on any atom is 0.414 e. The zero-order valence-corrected chi connectivity index (χ0v) is 17.8. The molecule has 0 bridgehead atoms. The number of hydrogen-bond donors (Lipinski definition) is 2. The molecule has 4 rings (SSSR count). The van der Waals surface area contributed by atoms with E-state index in [1.807, 2.05) is 12.1 Å². The number of carboxylic acid groups (broad SMARTS) is 2. The van der Waals surface area contributed by atoms with Gasteiger partial charge in [-0.25, -0.2) is 9.59 Å². The number of nitrogens with zero attached hydrogens (tertiary/aromatic N) is 1. The molecule has 1 aliphatic carbocycles. The monoisotopic (exact) mass is 433 g/mol. The molecule has 0 amide bonds. The number of aliphatic carboxylic acids is 2. The number of furan rings is 1. The van der Waals surface area contributed by atoms with Gasteiger partial charge in [-0.15, -0.1) is 0 Å². The topological polar surface area (TPSA) is 132 Å². The summed E-state index contributed by atoms with van der Waals surface area (Å²) in [7, 11) is 2.17. The van der Waals surface area contributed by atoms with Crippen LogP contribution in [0.4, 0.5) is 0 Å². The summed E-state index contributed by atoms with van der Waals surface area (Å²) in [6.45, 7) is 1.96. The number of carbonyl (C=O) groups is 2. The van der Waals surface area contributed by atoms with Crippen LogP contribution in [0.1, 0.15) is 55.8 Å². The van der Waals surface area contributed by atoms with Crippen molar-refractivity contribution in [3.8, 4) is 5.75 Å². The van der Waals surface area contributed by atoms with Gasteiger partial charge in [0.15, 0.2) is 0 Å². The molecule has 2 heterocycles. The van der Waals surface area contributed by atoms with Gasteiger partial charge in [0.2, 0.25) is 0 Å². The molecule has 2 aromatic rings. The molecule has 1 aliphatic heterocycles. The lowest BCUT2D eigenvalue weighted by atomic mass is 9.71. The van der Waals surface area contributed by atoms with Crippen LogP contribution in [0.15, 0.2) is 47.1 Å². The van der Waals surface area contributed by atoms with E-state index in [0.717, 1.165) is 31.0 Å². The van der Waals surface area contributed by atoms with E-state index in [-0.39, 0.29) is 11.1 Å². The van der Waals surface area contributed by atoms with Gasteiger partial charge in [0.1, 0.15) is 17.1 Å². The molecular formula is C23H31NO7. The number of carboxylic acids is 2. The minimum absolute atomic E-state index is 0. The average molecular weight is 434 g/mol. The van der Waals surface area contributed by atoms with Gasteiger partial charge < -0.3 is 24.8 Å². The minimum atomic E-state index is -1.82. The number of rotatable bonds is 6. The molecule has 1 aromatic heterocycles. The van der Waals surface area contributed by atoms with Gasteiger partial charge in [-0.05, 0) is 63.9 Å². The maximum absolute atomic E-state index is 9.10. The lowest BCUT2D eigenvalue weighted by Crippen LogP contribution is -2.41. The van der Waals surface area contributed by atoms with Gasteiger partial charge >= 0.3 is 11.9 Å². The van der Waals surface area contributed by atoms with Gasteiger partial charge in [-0.3, -0.25) is 4.90 Å². The summed E-state index contributed by atoms with van der Waals surface area (Å²) in [6, 6.07) is 12.7. The molecule has 170 valence electrons. The first-order valence-electron chi connectivity index (χ1n) is 10.4. The molecule has 1 aromatic carbocycles. The molecule has 0 saturated heterocycles. The van der Waals surface area contributed by atoms with Gasteiger partial charge in [0.05, 0.1) is 12.8 Å². The first kappa shape index (κ1) is 24.4. The van der Waals surface area contributed by atoms with Crippen LogP contribution in [0.25, 0.3) is 0 Å². The largest absolute Gasteiger partial charge is 0.486 e. The molecule has 2 atom stereocenters. The zero-order chi connectivity index (χ0) is 21.6. The van der Waals surface area contributed by atoms with Gasteiger partial charge in [-0.2, -0.15) is 0 Å². The van der Waals surface area contributed by atoms with Crippen LogP contribution in [-0.2, 0) is 16.1 Å². The summed E-state index contributed by atoms with van der Waals surface area (Å²) in [4.78, 5) is 20.5. The number of ether oxygens (including phenoxy) is 1. The summed E-state index contributed by atoms with van der Waals surface area (Å²) in [5.74, 6) is -0.883. The highest BCUT2D eigenvalue weighted by Crippen LogP contribution is 2.53. The predicted octanol–water partition coefficient (Wildman–Crippen LogP) is 3.31. The molecule has 8 nitrogen and oxygen atoms in total. The average Bonchev–Trinajstić information content (AvgIpc) is 3.33. The van der Waals surface area contributed by atoms with Crippen LogP contribution >= 0.6 is 0 Å². The van der Waals surface area contributed by atoms with Crippen LogP contribution in [0.5, 0.6) is 5.75 Å². The number of fused-ring (bicyclic) bond motifs is 3. The minimum Gasteiger partial charge on any atom is -0.486 e. The van der Waals surface area contributed by atoms with Crippen LogP contribution in [0, 0.1) is 0 Å². The fourth-order valence-corrected chi connectivity index (χ4v) is 4.60. The highest BCUT2D eigenvalue weighted by Gasteiger charge is 2.48. The molecule has 1 fully saturated rings. The first-order valence-corrected chi connectivity index (χ1v) is 10.4. The van der Waals surface area contributed by atoms with Crippen LogP contribution in [-0.4, -0.2) is 51.7 Å². The maximum atomic E-state index is 9.10. The Kier molecular flexibility index (Phi) is 8.65. The van der Waals surface area contributed by atoms with Crippen LogP contribution in [0.2, 0.25) is 0 Å². The zero-order valence-electron chi connectivity index (χ0n) is 17.8. The van der Waals surface area contributed by atoms with Crippen LogP contribution < -0.4 is 4.74 Å². The van der Waals surface area contributed by atoms with Gasteiger partial charge in [0, 0.05) is 11.5 Å².